The Balaban J connectivity index is 0.000000671. The molecular weight excluding hydrogens is 170 g/mol. The molecular formula is C9H13NO3. The molecule has 4 nitrogen and oxygen atoms in total. The predicted octanol–water partition coefficient (Wildman–Crippen LogP) is 1.31. The Bertz CT molecular complexity index is 341. The second kappa shape index (κ2) is 5.13. The molecule has 0 aliphatic carbocycles. The number of aromatic amines is 1. The van der Waals surface area contributed by atoms with Gasteiger partial charge in [0.15, 0.2) is 11.5 Å². The first-order valence-corrected chi connectivity index (χ1v) is 4.04. The van der Waals surface area contributed by atoms with E-state index in [1.165, 1.54) is 13.1 Å². The molecule has 72 valence electrons. The molecule has 0 aliphatic heterocycles. The lowest BCUT2D eigenvalue weighted by atomic mass is 10.2. The monoisotopic (exact) mass is 183 g/mol. The van der Waals surface area contributed by atoms with Crippen LogP contribution in [-0.2, 0) is 0 Å². The van der Waals surface area contributed by atoms with Crippen molar-refractivity contribution in [2.24, 2.45) is 0 Å². The van der Waals surface area contributed by atoms with Gasteiger partial charge in [-0.05, 0) is 0 Å². The van der Waals surface area contributed by atoms with E-state index in [4.69, 9.17) is 5.11 Å². The number of nitrogens with one attached hydrogen (secondary N) is 1. The van der Waals surface area contributed by atoms with Crippen molar-refractivity contribution in [2.45, 2.75) is 20.8 Å². The van der Waals surface area contributed by atoms with E-state index in [0.29, 0.717) is 0 Å². The first kappa shape index (κ1) is 11.4. The summed E-state index contributed by atoms with van der Waals surface area (Å²) in [4.78, 5) is 23.9. The zero-order valence-electron chi connectivity index (χ0n) is 7.92. The average molecular weight is 183 g/mol. The van der Waals surface area contributed by atoms with Crippen molar-refractivity contribution < 1.29 is 9.90 Å². The van der Waals surface area contributed by atoms with Crippen LogP contribution in [0.15, 0.2) is 17.1 Å². The molecule has 0 unspecified atom stereocenters. The Kier molecular flexibility index (Phi) is 4.51. The summed E-state index contributed by atoms with van der Waals surface area (Å²) in [5, 5.41) is 9.00. The van der Waals surface area contributed by atoms with E-state index in [2.05, 4.69) is 4.98 Å². The Hall–Kier alpha value is -1.58. The normalized spacial score (nSPS) is 8.54. The summed E-state index contributed by atoms with van der Waals surface area (Å²) in [6, 6.07) is 1.15. The lowest BCUT2D eigenvalue weighted by Crippen LogP contribution is -2.06. The van der Waals surface area contributed by atoms with Crippen LogP contribution in [0, 0.1) is 0 Å². The van der Waals surface area contributed by atoms with Gasteiger partial charge in [0, 0.05) is 19.2 Å². The van der Waals surface area contributed by atoms with Crippen LogP contribution in [0.2, 0.25) is 0 Å². The van der Waals surface area contributed by atoms with Crippen LogP contribution < -0.4 is 5.43 Å². The highest BCUT2D eigenvalue weighted by Crippen LogP contribution is 2.06. The largest absolute Gasteiger partial charge is 0.503 e. The van der Waals surface area contributed by atoms with Crippen molar-refractivity contribution in [3.63, 3.8) is 0 Å². The van der Waals surface area contributed by atoms with Crippen LogP contribution in [0.4, 0.5) is 0 Å². The molecule has 0 amide bonds. The van der Waals surface area contributed by atoms with Crippen molar-refractivity contribution in [3.8, 4) is 5.75 Å². The molecule has 0 atom stereocenters. The minimum absolute atomic E-state index is 0.0440. The van der Waals surface area contributed by atoms with Crippen LogP contribution in [0.25, 0.3) is 0 Å². The molecule has 0 saturated carbocycles. The molecule has 13 heavy (non-hydrogen) atoms. The number of pyridine rings is 1. The van der Waals surface area contributed by atoms with Gasteiger partial charge in [0.25, 0.3) is 0 Å². The fraction of sp³-hybridized carbons (Fsp3) is 0.333. The minimum Gasteiger partial charge on any atom is -0.503 e. The van der Waals surface area contributed by atoms with Crippen molar-refractivity contribution in [3.05, 3.63) is 28.2 Å². The summed E-state index contributed by atoms with van der Waals surface area (Å²) in [6.45, 7) is 5.27. The third-order valence-corrected chi connectivity index (χ3v) is 1.28. The van der Waals surface area contributed by atoms with E-state index >= 15 is 0 Å². The highest BCUT2D eigenvalue weighted by atomic mass is 16.3. The maximum absolute atomic E-state index is 10.7. The number of Topliss-reactive ketones (excluding diaryl/α,β-unsaturated/α-hetero) is 1. The van der Waals surface area contributed by atoms with Crippen LogP contribution >= 0.6 is 0 Å². The van der Waals surface area contributed by atoms with E-state index in [-0.39, 0.29) is 11.5 Å². The molecule has 1 rings (SSSR count). The number of hydrogen-bond donors (Lipinski definition) is 2. The fourth-order valence-corrected chi connectivity index (χ4v) is 0.740. The smallest absolute Gasteiger partial charge is 0.223 e. The SMILES string of the molecule is CC.CC(=O)c1[nH]ccc(=O)c1O. The van der Waals surface area contributed by atoms with E-state index < -0.39 is 11.2 Å². The number of rotatable bonds is 1. The van der Waals surface area contributed by atoms with Gasteiger partial charge >= 0.3 is 0 Å². The van der Waals surface area contributed by atoms with Gasteiger partial charge in [0.05, 0.1) is 0 Å². The Morgan fingerprint density at radius 1 is 1.46 bits per heavy atom. The van der Waals surface area contributed by atoms with Gasteiger partial charge in [-0.25, -0.2) is 0 Å². The van der Waals surface area contributed by atoms with E-state index in [0.717, 1.165) is 6.07 Å². The van der Waals surface area contributed by atoms with Gasteiger partial charge in [-0.15, -0.1) is 0 Å². The highest BCUT2D eigenvalue weighted by Gasteiger charge is 2.07. The average Bonchev–Trinajstić information content (AvgIpc) is 2.13. The Labute approximate surface area is 76.2 Å². The van der Waals surface area contributed by atoms with Crippen LogP contribution in [0.1, 0.15) is 31.3 Å². The van der Waals surface area contributed by atoms with E-state index in [1.54, 1.807) is 0 Å². The quantitative estimate of drug-likeness (QED) is 0.645. The molecule has 0 spiro atoms. The van der Waals surface area contributed by atoms with Crippen LogP contribution in [-0.4, -0.2) is 15.9 Å². The Morgan fingerprint density at radius 2 is 2.00 bits per heavy atom. The molecule has 0 bridgehead atoms. The van der Waals surface area contributed by atoms with Crippen molar-refractivity contribution in [1.82, 2.24) is 4.98 Å². The summed E-state index contributed by atoms with van der Waals surface area (Å²) in [6.07, 6.45) is 1.32. The predicted molar refractivity (Wildman–Crippen MR) is 50.1 cm³/mol. The lowest BCUT2D eigenvalue weighted by molar-refractivity contribution is 0.101. The zero-order valence-corrected chi connectivity index (χ0v) is 7.92. The maximum Gasteiger partial charge on any atom is 0.223 e. The second-order valence-electron chi connectivity index (χ2n) is 2.12. The van der Waals surface area contributed by atoms with E-state index in [9.17, 15) is 9.59 Å². The number of aromatic hydroxyl groups is 1. The van der Waals surface area contributed by atoms with Gasteiger partial charge in [0.1, 0.15) is 5.69 Å². The van der Waals surface area contributed by atoms with Crippen molar-refractivity contribution in [2.75, 3.05) is 0 Å². The molecule has 2 N–H and O–H groups in total. The Morgan fingerprint density at radius 3 is 2.38 bits per heavy atom. The molecule has 1 aromatic heterocycles. The molecule has 0 aliphatic rings. The number of aromatic nitrogens is 1. The number of carbonyl (C=O) groups is 1. The number of H-pyrrole nitrogens is 1. The van der Waals surface area contributed by atoms with Gasteiger partial charge in [-0.3, -0.25) is 9.59 Å². The molecule has 4 heteroatoms. The first-order chi connectivity index (χ1) is 6.13. The van der Waals surface area contributed by atoms with Crippen molar-refractivity contribution >= 4 is 5.78 Å². The summed E-state index contributed by atoms with van der Waals surface area (Å²) in [5.41, 5.74) is -0.591. The summed E-state index contributed by atoms with van der Waals surface area (Å²) in [7, 11) is 0. The standard InChI is InChI=1S/C7H7NO3.C2H6/c1-4(9)6-7(11)5(10)2-3-8-6;1-2/h2-3,11H,1H3,(H,8,10);1-2H3. The summed E-state index contributed by atoms with van der Waals surface area (Å²) >= 11 is 0. The molecule has 0 aromatic carbocycles. The van der Waals surface area contributed by atoms with E-state index in [1.807, 2.05) is 13.8 Å². The molecule has 0 fully saturated rings. The second-order valence-corrected chi connectivity index (χ2v) is 2.12. The van der Waals surface area contributed by atoms with Crippen LogP contribution in [0.3, 0.4) is 0 Å². The zero-order chi connectivity index (χ0) is 10.4. The lowest BCUT2D eigenvalue weighted by Gasteiger charge is -1.96. The molecule has 1 heterocycles. The highest BCUT2D eigenvalue weighted by molar-refractivity contribution is 5.94. The number of carbonyl (C=O) groups excluding carboxylic acids is 1. The maximum atomic E-state index is 10.7. The van der Waals surface area contributed by atoms with Crippen molar-refractivity contribution in [1.29, 1.82) is 0 Å². The summed E-state index contributed by atoms with van der Waals surface area (Å²) in [5.74, 6) is -0.875. The molecule has 0 radical (unpaired) electrons. The topological polar surface area (TPSA) is 70.2 Å². The van der Waals surface area contributed by atoms with Gasteiger partial charge in [-0.1, -0.05) is 13.8 Å². The van der Waals surface area contributed by atoms with Gasteiger partial charge in [-0.2, -0.15) is 0 Å². The summed E-state index contributed by atoms with van der Waals surface area (Å²) < 4.78 is 0. The number of hydrogen-bond acceptors (Lipinski definition) is 3. The third kappa shape index (κ3) is 2.74. The third-order valence-electron chi connectivity index (χ3n) is 1.28. The number of ketones is 1. The molecule has 1 aromatic rings. The molecule has 0 saturated heterocycles. The fourth-order valence-electron chi connectivity index (χ4n) is 0.740. The van der Waals surface area contributed by atoms with Gasteiger partial charge < -0.3 is 10.1 Å². The van der Waals surface area contributed by atoms with Gasteiger partial charge in [0.2, 0.25) is 5.43 Å². The minimum atomic E-state index is -0.547. The first-order valence-electron chi connectivity index (χ1n) is 4.04. The van der Waals surface area contributed by atoms with Crippen LogP contribution in [0.5, 0.6) is 5.75 Å².